The summed E-state index contributed by atoms with van der Waals surface area (Å²) in [4.78, 5) is 25.9. The molecule has 1 saturated heterocycles. The molecule has 9 heteroatoms. The summed E-state index contributed by atoms with van der Waals surface area (Å²) in [5.41, 5.74) is 9.88. The second-order valence-corrected chi connectivity index (χ2v) is 7.75. The van der Waals surface area contributed by atoms with Gasteiger partial charge in [0, 0.05) is 48.8 Å². The van der Waals surface area contributed by atoms with Crippen molar-refractivity contribution in [2.24, 2.45) is 0 Å². The third kappa shape index (κ3) is 3.71. The maximum absolute atomic E-state index is 10.6. The van der Waals surface area contributed by atoms with E-state index in [1.54, 1.807) is 24.8 Å². The minimum absolute atomic E-state index is 0.288. The van der Waals surface area contributed by atoms with Crippen molar-refractivity contribution in [1.29, 1.82) is 0 Å². The molecule has 31 heavy (non-hydrogen) atoms. The molecule has 1 fully saturated rings. The van der Waals surface area contributed by atoms with Crippen LogP contribution in [0.5, 0.6) is 0 Å². The predicted octanol–water partition coefficient (Wildman–Crippen LogP) is 2.58. The molecule has 5 rings (SSSR count). The van der Waals surface area contributed by atoms with Crippen LogP contribution in [0.25, 0.3) is 22.0 Å². The van der Waals surface area contributed by atoms with Crippen molar-refractivity contribution in [3.05, 3.63) is 54.7 Å². The Morgan fingerprint density at radius 3 is 2.94 bits per heavy atom. The van der Waals surface area contributed by atoms with Gasteiger partial charge in [0.05, 0.1) is 30.2 Å². The summed E-state index contributed by atoms with van der Waals surface area (Å²) < 4.78 is 1.93. The van der Waals surface area contributed by atoms with Crippen LogP contribution in [0.1, 0.15) is 11.6 Å². The van der Waals surface area contributed by atoms with Gasteiger partial charge < -0.3 is 15.8 Å². The first-order valence-electron chi connectivity index (χ1n) is 10.0. The highest BCUT2D eigenvalue weighted by Gasteiger charge is 2.28. The highest BCUT2D eigenvalue weighted by molar-refractivity contribution is 5.94. The Bertz CT molecular complexity index is 1260. The van der Waals surface area contributed by atoms with Crippen molar-refractivity contribution in [3.63, 3.8) is 0 Å². The molecule has 0 atom stereocenters. The molecular formula is C22H22N8O. The summed E-state index contributed by atoms with van der Waals surface area (Å²) in [6.07, 6.45) is 9.96. The first-order chi connectivity index (χ1) is 15.1. The quantitative estimate of drug-likeness (QED) is 0.463. The van der Waals surface area contributed by atoms with Crippen LogP contribution in [-0.2, 0) is 4.79 Å². The molecule has 0 aliphatic carbocycles. The first-order valence-corrected chi connectivity index (χ1v) is 10.0. The lowest BCUT2D eigenvalue weighted by Crippen LogP contribution is -2.48. The summed E-state index contributed by atoms with van der Waals surface area (Å²) in [5.74, 6) is 1.13. The number of hydrogen-bond acceptors (Lipinski definition) is 8. The van der Waals surface area contributed by atoms with Gasteiger partial charge in [0.25, 0.3) is 0 Å². The zero-order valence-electron chi connectivity index (χ0n) is 17.1. The minimum atomic E-state index is 0.288. The Hall–Kier alpha value is -3.85. The Balaban J connectivity index is 1.39. The average molecular weight is 414 g/mol. The fourth-order valence-corrected chi connectivity index (χ4v) is 3.83. The second kappa shape index (κ2) is 7.77. The predicted molar refractivity (Wildman–Crippen MR) is 119 cm³/mol. The van der Waals surface area contributed by atoms with Gasteiger partial charge in [-0.05, 0) is 36.1 Å². The smallest absolute Gasteiger partial charge is 0.133 e. The molecule has 3 N–H and O–H groups in total. The number of carbonyl (C=O) groups is 1. The minimum Gasteiger partial charge on any atom is -0.383 e. The number of nitrogen functional groups attached to an aromatic ring is 1. The van der Waals surface area contributed by atoms with E-state index in [2.05, 4.69) is 30.3 Å². The van der Waals surface area contributed by atoms with Gasteiger partial charge in [-0.15, -0.1) is 0 Å². The molecule has 5 heterocycles. The summed E-state index contributed by atoms with van der Waals surface area (Å²) >= 11 is 0. The number of rotatable bonds is 6. The maximum atomic E-state index is 10.6. The van der Waals surface area contributed by atoms with E-state index in [1.165, 1.54) is 0 Å². The lowest BCUT2D eigenvalue weighted by atomic mass is 10.1. The third-order valence-electron chi connectivity index (χ3n) is 5.58. The lowest BCUT2D eigenvalue weighted by molar-refractivity contribution is -0.110. The van der Waals surface area contributed by atoms with Gasteiger partial charge in [0.15, 0.2) is 0 Å². The van der Waals surface area contributed by atoms with Crippen LogP contribution in [-0.4, -0.2) is 55.6 Å². The van der Waals surface area contributed by atoms with E-state index < -0.39 is 0 Å². The monoisotopic (exact) mass is 414 g/mol. The number of aldehydes is 1. The van der Waals surface area contributed by atoms with Crippen molar-refractivity contribution in [3.8, 4) is 11.3 Å². The molecular weight excluding hydrogens is 392 g/mol. The van der Waals surface area contributed by atoms with Crippen LogP contribution in [0, 0.1) is 6.92 Å². The molecule has 9 nitrogen and oxygen atoms in total. The van der Waals surface area contributed by atoms with Crippen molar-refractivity contribution in [2.75, 3.05) is 30.7 Å². The van der Waals surface area contributed by atoms with Gasteiger partial charge in [-0.3, -0.25) is 14.6 Å². The molecule has 0 bridgehead atoms. The van der Waals surface area contributed by atoms with E-state index in [-0.39, 0.29) is 6.04 Å². The third-order valence-corrected chi connectivity index (χ3v) is 5.58. The zero-order valence-corrected chi connectivity index (χ0v) is 17.1. The molecule has 0 amide bonds. The largest absolute Gasteiger partial charge is 0.383 e. The fraction of sp³-hybridized carbons (Fsp3) is 0.227. The van der Waals surface area contributed by atoms with E-state index in [4.69, 9.17) is 5.73 Å². The highest BCUT2D eigenvalue weighted by Crippen LogP contribution is 2.29. The van der Waals surface area contributed by atoms with Crippen LogP contribution in [0.3, 0.4) is 0 Å². The van der Waals surface area contributed by atoms with Crippen LogP contribution < -0.4 is 11.1 Å². The lowest BCUT2D eigenvalue weighted by Gasteiger charge is -2.37. The van der Waals surface area contributed by atoms with Crippen LogP contribution in [0.2, 0.25) is 0 Å². The number of nitrogens with zero attached hydrogens (tertiary/aromatic N) is 6. The van der Waals surface area contributed by atoms with Crippen molar-refractivity contribution >= 4 is 34.4 Å². The molecule has 4 aromatic heterocycles. The number of likely N-dealkylation sites (tertiary alicyclic amines) is 1. The standard InChI is InChI=1S/C22H22N8O/c1-14-2-3-24-9-18(14)20-6-15-7-21(25-10-19(15)22(23)28-20)27-16-8-26-30(11-16)17-12-29(13-17)4-5-31/h2-3,5-11,17H,4,12-13H2,1H3,(H2,23,28)(H,25,27). The van der Waals surface area contributed by atoms with Crippen LogP contribution in [0.4, 0.5) is 17.3 Å². The number of fused-ring (bicyclic) bond motifs is 1. The Morgan fingerprint density at radius 2 is 2.13 bits per heavy atom. The number of aromatic nitrogens is 5. The van der Waals surface area contributed by atoms with E-state index >= 15 is 0 Å². The van der Waals surface area contributed by atoms with Gasteiger partial charge >= 0.3 is 0 Å². The number of pyridine rings is 3. The van der Waals surface area contributed by atoms with Gasteiger partial charge in [-0.1, -0.05) is 0 Å². The molecule has 4 aromatic rings. The van der Waals surface area contributed by atoms with Gasteiger partial charge in [0.1, 0.15) is 17.9 Å². The van der Waals surface area contributed by atoms with Gasteiger partial charge in [-0.2, -0.15) is 5.10 Å². The van der Waals surface area contributed by atoms with Crippen molar-refractivity contribution < 1.29 is 4.79 Å². The van der Waals surface area contributed by atoms with Crippen LogP contribution >= 0.6 is 0 Å². The summed E-state index contributed by atoms with van der Waals surface area (Å²) in [5, 5.41) is 9.50. The number of anilines is 3. The van der Waals surface area contributed by atoms with Gasteiger partial charge in [0.2, 0.25) is 0 Å². The molecule has 1 aliphatic rings. The van der Waals surface area contributed by atoms with Gasteiger partial charge in [-0.25, -0.2) is 9.97 Å². The Morgan fingerprint density at radius 1 is 1.26 bits per heavy atom. The molecule has 0 saturated carbocycles. The van der Waals surface area contributed by atoms with Crippen LogP contribution in [0.15, 0.2) is 49.2 Å². The summed E-state index contributed by atoms with van der Waals surface area (Å²) in [7, 11) is 0. The SMILES string of the molecule is Cc1ccncc1-c1cc2cc(Nc3cnn(C4CN(CC=O)C4)c3)ncc2c(N)n1. The van der Waals surface area contributed by atoms with E-state index in [0.717, 1.165) is 52.7 Å². The average Bonchev–Trinajstić information content (AvgIpc) is 3.18. The number of carbonyl (C=O) groups excluding carboxylic acids is 1. The Kier molecular flexibility index (Phi) is 4.79. The Labute approximate surface area is 178 Å². The number of nitrogens with one attached hydrogen (secondary N) is 1. The molecule has 156 valence electrons. The van der Waals surface area contributed by atoms with Crippen molar-refractivity contribution in [2.45, 2.75) is 13.0 Å². The molecule has 0 unspecified atom stereocenters. The molecule has 1 aliphatic heterocycles. The number of nitrogens with two attached hydrogens (primary N) is 1. The molecule has 0 aromatic carbocycles. The summed E-state index contributed by atoms with van der Waals surface area (Å²) in [6, 6.07) is 6.20. The zero-order chi connectivity index (χ0) is 21.4. The normalized spacial score (nSPS) is 14.5. The first kappa shape index (κ1) is 19.1. The maximum Gasteiger partial charge on any atom is 0.133 e. The van der Waals surface area contributed by atoms with E-state index in [0.29, 0.717) is 18.2 Å². The number of hydrogen-bond donors (Lipinski definition) is 2. The molecule has 0 spiro atoms. The second-order valence-electron chi connectivity index (χ2n) is 7.75. The number of aryl methyl sites for hydroxylation is 1. The van der Waals surface area contributed by atoms with Crippen molar-refractivity contribution in [1.82, 2.24) is 29.6 Å². The van der Waals surface area contributed by atoms with E-state index in [1.807, 2.05) is 36.0 Å². The fourth-order valence-electron chi connectivity index (χ4n) is 3.83. The molecule has 0 radical (unpaired) electrons. The topological polar surface area (TPSA) is 115 Å². The highest BCUT2D eigenvalue weighted by atomic mass is 16.1. The van der Waals surface area contributed by atoms with E-state index in [9.17, 15) is 4.79 Å². The summed E-state index contributed by atoms with van der Waals surface area (Å²) in [6.45, 7) is 4.16.